The van der Waals surface area contributed by atoms with Crippen molar-refractivity contribution in [2.45, 2.75) is 31.3 Å². The van der Waals surface area contributed by atoms with E-state index in [2.05, 4.69) is 27.4 Å². The summed E-state index contributed by atoms with van der Waals surface area (Å²) in [5.74, 6) is 0.108. The topological polar surface area (TPSA) is 53.4 Å². The van der Waals surface area contributed by atoms with Gasteiger partial charge in [-0.25, -0.2) is 0 Å². The molecule has 6 heteroatoms. The number of hydrogen-bond donors (Lipinski definition) is 1. The molecule has 2 unspecified atom stereocenters. The van der Waals surface area contributed by atoms with Crippen LogP contribution < -0.4 is 10.2 Å². The molecule has 3 rings (SSSR count). The van der Waals surface area contributed by atoms with Gasteiger partial charge < -0.3 is 10.2 Å². The number of amides is 1. The average Bonchev–Trinajstić information content (AvgIpc) is 3.07. The quantitative estimate of drug-likeness (QED) is 0.857. The predicted octanol–water partition coefficient (Wildman–Crippen LogP) is 1.68. The summed E-state index contributed by atoms with van der Waals surface area (Å²) >= 11 is 0. The molecule has 1 aromatic carbocycles. The minimum atomic E-state index is -0.161. The maximum Gasteiger partial charge on any atom is 0.237 e. The van der Waals surface area contributed by atoms with Gasteiger partial charge in [0.1, 0.15) is 0 Å². The van der Waals surface area contributed by atoms with Gasteiger partial charge in [0.15, 0.2) is 0 Å². The zero-order valence-electron chi connectivity index (χ0n) is 15.9. The molecule has 2 aromatic rings. The molecule has 2 atom stereocenters. The number of benzene rings is 1. The lowest BCUT2D eigenvalue weighted by Gasteiger charge is -2.35. The van der Waals surface area contributed by atoms with E-state index in [4.69, 9.17) is 0 Å². The zero-order valence-corrected chi connectivity index (χ0v) is 15.9. The third kappa shape index (κ3) is 4.64. The fraction of sp³-hybridized carbons (Fsp3) is 0.500. The largest absolute Gasteiger partial charge is 0.367 e. The van der Waals surface area contributed by atoms with Crippen LogP contribution in [0.2, 0.25) is 0 Å². The first kappa shape index (κ1) is 18.5. The fourth-order valence-corrected chi connectivity index (χ4v) is 3.55. The highest BCUT2D eigenvalue weighted by atomic mass is 16.2. The molecule has 1 aliphatic heterocycles. The standard InChI is InChI=1S/C20H29N5O/c1-23(2)19(12-16-8-5-4-6-9-16)20(26)22-17-10-7-11-25(14-17)18-13-21-24(3)15-18/h4-6,8-9,13,15,17,19H,7,10-12,14H2,1-3H3,(H,22,26). The summed E-state index contributed by atoms with van der Waals surface area (Å²) in [5, 5.41) is 7.53. The molecule has 1 saturated heterocycles. The highest BCUT2D eigenvalue weighted by molar-refractivity contribution is 5.82. The SMILES string of the molecule is CN(C)C(Cc1ccccc1)C(=O)NC1CCCN(c2cnn(C)c2)C1. The summed E-state index contributed by atoms with van der Waals surface area (Å²) in [7, 11) is 5.87. The number of aryl methyl sites for hydroxylation is 1. The van der Waals surface area contributed by atoms with Crippen LogP contribution in [-0.2, 0) is 18.3 Å². The summed E-state index contributed by atoms with van der Waals surface area (Å²) in [6.07, 6.45) is 6.74. The second kappa shape index (κ2) is 8.36. The first-order valence-electron chi connectivity index (χ1n) is 9.27. The Kier molecular flexibility index (Phi) is 5.93. The number of carbonyl (C=O) groups is 1. The van der Waals surface area contributed by atoms with E-state index in [1.54, 1.807) is 0 Å². The van der Waals surface area contributed by atoms with Crippen molar-refractivity contribution in [3.8, 4) is 0 Å². The molecule has 1 aromatic heterocycles. The van der Waals surface area contributed by atoms with E-state index in [0.29, 0.717) is 0 Å². The van der Waals surface area contributed by atoms with Crippen LogP contribution in [0.3, 0.4) is 0 Å². The molecule has 1 fully saturated rings. The number of hydrogen-bond acceptors (Lipinski definition) is 4. The van der Waals surface area contributed by atoms with Crippen LogP contribution in [0.4, 0.5) is 5.69 Å². The monoisotopic (exact) mass is 355 g/mol. The van der Waals surface area contributed by atoms with E-state index in [1.165, 1.54) is 5.56 Å². The maximum absolute atomic E-state index is 12.9. The first-order chi connectivity index (χ1) is 12.5. The predicted molar refractivity (Wildman–Crippen MR) is 104 cm³/mol. The Bertz CT molecular complexity index is 712. The van der Waals surface area contributed by atoms with Crippen molar-refractivity contribution >= 4 is 11.6 Å². The number of piperidine rings is 1. The molecule has 0 saturated carbocycles. The molecule has 1 amide bonds. The van der Waals surface area contributed by atoms with Crippen molar-refractivity contribution in [3.05, 3.63) is 48.3 Å². The van der Waals surface area contributed by atoms with Crippen LogP contribution in [0.15, 0.2) is 42.7 Å². The van der Waals surface area contributed by atoms with Gasteiger partial charge in [-0.15, -0.1) is 0 Å². The Morgan fingerprint density at radius 1 is 1.35 bits per heavy atom. The molecule has 140 valence electrons. The molecule has 2 heterocycles. The van der Waals surface area contributed by atoms with Gasteiger partial charge in [0, 0.05) is 32.4 Å². The molecule has 0 radical (unpaired) electrons. The van der Waals surface area contributed by atoms with Crippen LogP contribution in [-0.4, -0.2) is 59.9 Å². The van der Waals surface area contributed by atoms with Crippen LogP contribution in [0.5, 0.6) is 0 Å². The number of carbonyl (C=O) groups excluding carboxylic acids is 1. The van der Waals surface area contributed by atoms with E-state index >= 15 is 0 Å². The second-order valence-corrected chi connectivity index (χ2v) is 7.34. The van der Waals surface area contributed by atoms with Crippen LogP contribution in [0, 0.1) is 0 Å². The fourth-order valence-electron chi connectivity index (χ4n) is 3.55. The maximum atomic E-state index is 12.9. The Hall–Kier alpha value is -2.34. The molecule has 1 N–H and O–H groups in total. The van der Waals surface area contributed by atoms with Gasteiger partial charge in [-0.05, 0) is 38.9 Å². The second-order valence-electron chi connectivity index (χ2n) is 7.34. The van der Waals surface area contributed by atoms with Crippen molar-refractivity contribution in [1.29, 1.82) is 0 Å². The number of nitrogens with zero attached hydrogens (tertiary/aromatic N) is 4. The average molecular weight is 355 g/mol. The van der Waals surface area contributed by atoms with Gasteiger partial charge in [0.2, 0.25) is 5.91 Å². The molecule has 0 aliphatic carbocycles. The van der Waals surface area contributed by atoms with Crippen molar-refractivity contribution in [2.75, 3.05) is 32.1 Å². The molecule has 0 bridgehead atoms. The van der Waals surface area contributed by atoms with Crippen LogP contribution >= 0.6 is 0 Å². The molecule has 1 aliphatic rings. The van der Waals surface area contributed by atoms with E-state index in [0.717, 1.165) is 38.0 Å². The third-order valence-electron chi connectivity index (χ3n) is 5.02. The molecule has 6 nitrogen and oxygen atoms in total. The molecular formula is C20H29N5O. The highest BCUT2D eigenvalue weighted by Crippen LogP contribution is 2.19. The Balaban J connectivity index is 1.61. The van der Waals surface area contributed by atoms with E-state index in [1.807, 2.05) is 61.3 Å². The first-order valence-corrected chi connectivity index (χ1v) is 9.27. The normalized spacial score (nSPS) is 18.8. The summed E-state index contributed by atoms with van der Waals surface area (Å²) < 4.78 is 1.82. The Morgan fingerprint density at radius 2 is 2.12 bits per heavy atom. The summed E-state index contributed by atoms with van der Waals surface area (Å²) in [6.45, 7) is 1.85. The van der Waals surface area contributed by atoms with Gasteiger partial charge >= 0.3 is 0 Å². The van der Waals surface area contributed by atoms with Crippen LogP contribution in [0.25, 0.3) is 0 Å². The van der Waals surface area contributed by atoms with Gasteiger partial charge in [0.05, 0.1) is 17.9 Å². The molecule has 26 heavy (non-hydrogen) atoms. The zero-order chi connectivity index (χ0) is 18.5. The van der Waals surface area contributed by atoms with E-state index in [-0.39, 0.29) is 18.0 Å². The van der Waals surface area contributed by atoms with E-state index < -0.39 is 0 Å². The van der Waals surface area contributed by atoms with Crippen molar-refractivity contribution in [2.24, 2.45) is 7.05 Å². The summed E-state index contributed by atoms with van der Waals surface area (Å²) in [4.78, 5) is 17.2. The lowest BCUT2D eigenvalue weighted by atomic mass is 10.0. The van der Waals surface area contributed by atoms with Crippen molar-refractivity contribution in [3.63, 3.8) is 0 Å². The number of aromatic nitrogens is 2. The minimum Gasteiger partial charge on any atom is -0.367 e. The van der Waals surface area contributed by atoms with Gasteiger partial charge in [-0.3, -0.25) is 14.4 Å². The van der Waals surface area contributed by atoms with Gasteiger partial charge in [-0.1, -0.05) is 30.3 Å². The van der Waals surface area contributed by atoms with Gasteiger partial charge in [0.25, 0.3) is 0 Å². The number of rotatable bonds is 6. The Morgan fingerprint density at radius 3 is 2.77 bits per heavy atom. The molecule has 0 spiro atoms. The number of likely N-dealkylation sites (N-methyl/N-ethyl adjacent to an activating group) is 1. The lowest BCUT2D eigenvalue weighted by molar-refractivity contribution is -0.126. The summed E-state index contributed by atoms with van der Waals surface area (Å²) in [5.41, 5.74) is 2.31. The van der Waals surface area contributed by atoms with Crippen molar-refractivity contribution in [1.82, 2.24) is 20.0 Å². The summed E-state index contributed by atoms with van der Waals surface area (Å²) in [6, 6.07) is 10.2. The minimum absolute atomic E-state index is 0.108. The number of anilines is 1. The van der Waals surface area contributed by atoms with Gasteiger partial charge in [-0.2, -0.15) is 5.10 Å². The smallest absolute Gasteiger partial charge is 0.237 e. The van der Waals surface area contributed by atoms with Crippen LogP contribution in [0.1, 0.15) is 18.4 Å². The highest BCUT2D eigenvalue weighted by Gasteiger charge is 2.27. The Labute approximate surface area is 155 Å². The van der Waals surface area contributed by atoms with E-state index in [9.17, 15) is 4.79 Å². The lowest BCUT2D eigenvalue weighted by Crippen LogP contribution is -2.53. The number of nitrogens with one attached hydrogen (secondary N) is 1. The third-order valence-corrected chi connectivity index (χ3v) is 5.02. The van der Waals surface area contributed by atoms with Crippen molar-refractivity contribution < 1.29 is 4.79 Å². The molecular weight excluding hydrogens is 326 g/mol.